The quantitative estimate of drug-likeness (QED) is 0.746. The highest BCUT2D eigenvalue weighted by Crippen LogP contribution is 2.37. The van der Waals surface area contributed by atoms with E-state index in [1.807, 2.05) is 0 Å². The second-order valence-electron chi connectivity index (χ2n) is 5.86. The third kappa shape index (κ3) is 3.36. The maximum absolute atomic E-state index is 12.5. The first-order valence-corrected chi connectivity index (χ1v) is 6.77. The minimum atomic E-state index is -4.02. The van der Waals surface area contributed by atoms with Crippen molar-refractivity contribution >= 4 is 0 Å². The van der Waals surface area contributed by atoms with E-state index < -0.39 is 12.1 Å². The summed E-state index contributed by atoms with van der Waals surface area (Å²) in [4.78, 5) is 0. The molecule has 100 valence electrons. The van der Waals surface area contributed by atoms with Crippen molar-refractivity contribution in [2.75, 3.05) is 6.54 Å². The highest BCUT2D eigenvalue weighted by molar-refractivity contribution is 4.87. The first-order valence-electron chi connectivity index (χ1n) is 6.77. The van der Waals surface area contributed by atoms with Crippen molar-refractivity contribution < 1.29 is 13.2 Å². The molecule has 4 atom stereocenters. The van der Waals surface area contributed by atoms with Crippen LogP contribution in [0.2, 0.25) is 0 Å². The predicted molar refractivity (Wildman–Crippen MR) is 61.7 cm³/mol. The van der Waals surface area contributed by atoms with E-state index in [1.165, 1.54) is 25.7 Å². The summed E-state index contributed by atoms with van der Waals surface area (Å²) in [5, 5.41) is 3.15. The molecule has 0 amide bonds. The molecule has 0 spiro atoms. The second kappa shape index (κ2) is 5.17. The summed E-state index contributed by atoms with van der Waals surface area (Å²) < 4.78 is 37.6. The highest BCUT2D eigenvalue weighted by Gasteiger charge is 2.42. The van der Waals surface area contributed by atoms with Gasteiger partial charge in [-0.15, -0.1) is 0 Å². The molecule has 1 saturated heterocycles. The van der Waals surface area contributed by atoms with E-state index in [-0.39, 0.29) is 6.54 Å². The largest absolute Gasteiger partial charge is 0.393 e. The molecule has 1 heterocycles. The molecule has 0 aromatic carbocycles. The smallest absolute Gasteiger partial charge is 0.313 e. The summed E-state index contributed by atoms with van der Waals surface area (Å²) in [6, 6.07) is 0.330. The lowest BCUT2D eigenvalue weighted by molar-refractivity contribution is -0.180. The number of alkyl halides is 3. The predicted octanol–water partition coefficient (Wildman–Crippen LogP) is 3.74. The zero-order valence-electron chi connectivity index (χ0n) is 10.4. The Morgan fingerprint density at radius 2 is 1.82 bits per heavy atom. The van der Waals surface area contributed by atoms with E-state index in [2.05, 4.69) is 12.2 Å². The van der Waals surface area contributed by atoms with Crippen molar-refractivity contribution in [1.29, 1.82) is 0 Å². The Morgan fingerprint density at radius 3 is 2.35 bits per heavy atom. The van der Waals surface area contributed by atoms with Crippen molar-refractivity contribution in [3.8, 4) is 0 Å². The average molecular weight is 249 g/mol. The van der Waals surface area contributed by atoms with Gasteiger partial charge < -0.3 is 5.32 Å². The van der Waals surface area contributed by atoms with Crippen LogP contribution < -0.4 is 5.32 Å². The fraction of sp³-hybridized carbons (Fsp3) is 1.00. The van der Waals surface area contributed by atoms with Crippen molar-refractivity contribution in [3.63, 3.8) is 0 Å². The Kier molecular flexibility index (Phi) is 4.01. The van der Waals surface area contributed by atoms with E-state index in [4.69, 9.17) is 0 Å². The summed E-state index contributed by atoms with van der Waals surface area (Å²) in [6.45, 7) is 2.38. The molecule has 4 heteroatoms. The van der Waals surface area contributed by atoms with Crippen LogP contribution in [0.1, 0.15) is 45.4 Å². The molecule has 0 aromatic rings. The molecule has 2 fully saturated rings. The lowest BCUT2D eigenvalue weighted by Gasteiger charge is -2.38. The van der Waals surface area contributed by atoms with Gasteiger partial charge in [-0.3, -0.25) is 0 Å². The van der Waals surface area contributed by atoms with Crippen LogP contribution >= 0.6 is 0 Å². The molecule has 1 aliphatic carbocycles. The van der Waals surface area contributed by atoms with E-state index in [9.17, 15) is 13.2 Å². The molecule has 1 aliphatic heterocycles. The molecule has 4 unspecified atom stereocenters. The molecule has 2 rings (SSSR count). The van der Waals surface area contributed by atoms with E-state index in [1.54, 1.807) is 0 Å². The van der Waals surface area contributed by atoms with Crippen molar-refractivity contribution in [1.82, 2.24) is 5.32 Å². The average Bonchev–Trinajstić information content (AvgIpc) is 2.28. The van der Waals surface area contributed by atoms with E-state index in [0.717, 1.165) is 5.92 Å². The first-order chi connectivity index (χ1) is 7.97. The molecule has 1 N–H and O–H groups in total. The molecule has 17 heavy (non-hydrogen) atoms. The Balaban J connectivity index is 1.82. The molecular weight excluding hydrogens is 227 g/mol. The lowest BCUT2D eigenvalue weighted by Crippen LogP contribution is -2.48. The van der Waals surface area contributed by atoms with Gasteiger partial charge in [0.2, 0.25) is 0 Å². The minimum Gasteiger partial charge on any atom is -0.313 e. The fourth-order valence-corrected chi connectivity index (χ4v) is 3.41. The Bertz CT molecular complexity index is 244. The van der Waals surface area contributed by atoms with Gasteiger partial charge in [0.05, 0.1) is 5.92 Å². The molecule has 1 nitrogen and oxygen atoms in total. The number of nitrogens with one attached hydrogen (secondary N) is 1. The fourth-order valence-electron chi connectivity index (χ4n) is 3.41. The Labute approximate surface area is 101 Å². The second-order valence-corrected chi connectivity index (χ2v) is 5.86. The normalized spacial score (nSPS) is 40.2. The monoisotopic (exact) mass is 249 g/mol. The van der Waals surface area contributed by atoms with Crippen LogP contribution in [0.25, 0.3) is 0 Å². The van der Waals surface area contributed by atoms with Gasteiger partial charge in [0.25, 0.3) is 0 Å². The van der Waals surface area contributed by atoms with Gasteiger partial charge in [0, 0.05) is 12.6 Å². The summed E-state index contributed by atoms with van der Waals surface area (Å²) in [5.41, 5.74) is 0. The Morgan fingerprint density at radius 1 is 1.06 bits per heavy atom. The maximum Gasteiger partial charge on any atom is 0.393 e. The maximum atomic E-state index is 12.5. The van der Waals surface area contributed by atoms with Gasteiger partial charge in [-0.2, -0.15) is 13.2 Å². The summed E-state index contributed by atoms with van der Waals surface area (Å²) in [7, 11) is 0. The van der Waals surface area contributed by atoms with Crippen LogP contribution in [0.4, 0.5) is 13.2 Å². The van der Waals surface area contributed by atoms with E-state index in [0.29, 0.717) is 24.8 Å². The first kappa shape index (κ1) is 13.2. The van der Waals surface area contributed by atoms with Crippen LogP contribution in [-0.4, -0.2) is 18.8 Å². The van der Waals surface area contributed by atoms with Crippen LogP contribution in [0.3, 0.4) is 0 Å². The molecule has 2 aliphatic rings. The standard InChI is InChI=1S/C13H22F3N/c1-9-3-2-4-10(7-9)12-6-5-11(8-17-12)13(14,15)16/h9-12,17H,2-8H2,1H3. The van der Waals surface area contributed by atoms with Crippen LogP contribution in [0.15, 0.2) is 0 Å². The number of rotatable bonds is 1. The number of halogens is 3. The molecular formula is C13H22F3N. The molecule has 0 radical (unpaired) electrons. The van der Waals surface area contributed by atoms with E-state index >= 15 is 0 Å². The molecule has 0 aromatic heterocycles. The van der Waals surface area contributed by atoms with Gasteiger partial charge >= 0.3 is 6.18 Å². The summed E-state index contributed by atoms with van der Waals surface area (Å²) in [6.07, 6.45) is 1.90. The zero-order chi connectivity index (χ0) is 12.5. The van der Waals surface area contributed by atoms with Gasteiger partial charge in [-0.05, 0) is 37.5 Å². The van der Waals surface area contributed by atoms with Gasteiger partial charge in [-0.1, -0.05) is 19.8 Å². The van der Waals surface area contributed by atoms with Gasteiger partial charge in [-0.25, -0.2) is 0 Å². The van der Waals surface area contributed by atoms with Crippen molar-refractivity contribution in [2.45, 2.75) is 57.7 Å². The molecule has 0 bridgehead atoms. The minimum absolute atomic E-state index is 0.124. The van der Waals surface area contributed by atoms with Gasteiger partial charge in [0.15, 0.2) is 0 Å². The SMILES string of the molecule is CC1CCCC(C2CCC(C(F)(F)F)CN2)C1. The zero-order valence-corrected chi connectivity index (χ0v) is 10.4. The lowest BCUT2D eigenvalue weighted by atomic mass is 9.75. The third-order valence-corrected chi connectivity index (χ3v) is 4.46. The Hall–Kier alpha value is -0.250. The van der Waals surface area contributed by atoms with Crippen molar-refractivity contribution in [2.24, 2.45) is 17.8 Å². The van der Waals surface area contributed by atoms with Crippen LogP contribution in [0.5, 0.6) is 0 Å². The third-order valence-electron chi connectivity index (χ3n) is 4.46. The van der Waals surface area contributed by atoms with Gasteiger partial charge in [0.1, 0.15) is 0 Å². The van der Waals surface area contributed by atoms with Crippen molar-refractivity contribution in [3.05, 3.63) is 0 Å². The number of hydrogen-bond acceptors (Lipinski definition) is 1. The number of hydrogen-bond donors (Lipinski definition) is 1. The number of piperidine rings is 1. The summed E-state index contributed by atoms with van der Waals surface area (Å²) in [5.74, 6) is 0.226. The molecule has 1 saturated carbocycles. The van der Waals surface area contributed by atoms with Crippen LogP contribution in [-0.2, 0) is 0 Å². The summed E-state index contributed by atoms with van der Waals surface area (Å²) >= 11 is 0. The topological polar surface area (TPSA) is 12.0 Å². The van der Waals surface area contributed by atoms with Crippen LogP contribution in [0, 0.1) is 17.8 Å². The highest BCUT2D eigenvalue weighted by atomic mass is 19.4.